The molecular formula is C13H14BrNO4. The first-order valence-electron chi connectivity index (χ1n) is 6.02. The summed E-state index contributed by atoms with van der Waals surface area (Å²) in [6, 6.07) is 7.42. The van der Waals surface area contributed by atoms with Gasteiger partial charge in [0, 0.05) is 29.5 Å². The molecule has 2 rings (SSSR count). The first-order chi connectivity index (χ1) is 9.06. The van der Waals surface area contributed by atoms with Gasteiger partial charge in [-0.05, 0) is 24.6 Å². The van der Waals surface area contributed by atoms with Crippen molar-refractivity contribution < 1.29 is 19.4 Å². The molecule has 0 spiro atoms. The minimum absolute atomic E-state index is 0.0227. The molecule has 1 N–H and O–H groups in total. The maximum absolute atomic E-state index is 11.9. The third kappa shape index (κ3) is 3.70. The van der Waals surface area contributed by atoms with Crippen molar-refractivity contribution in [3.8, 4) is 0 Å². The van der Waals surface area contributed by atoms with Gasteiger partial charge in [-0.3, -0.25) is 9.69 Å². The fourth-order valence-corrected chi connectivity index (χ4v) is 2.38. The summed E-state index contributed by atoms with van der Waals surface area (Å²) in [6.45, 7) is 0.541. The number of carboxylic acids is 1. The number of cyclic esters (lactones) is 1. The molecule has 1 atom stereocenters. The molecule has 0 aromatic heterocycles. The number of carboxylic acid groups (broad SMARTS) is 1. The molecule has 0 aliphatic carbocycles. The molecule has 1 aliphatic rings. The van der Waals surface area contributed by atoms with Crippen molar-refractivity contribution in [2.24, 2.45) is 0 Å². The second-order valence-electron chi connectivity index (χ2n) is 4.36. The second kappa shape index (κ2) is 6.06. The molecule has 1 unspecified atom stereocenters. The van der Waals surface area contributed by atoms with E-state index < -0.39 is 12.1 Å². The Kier molecular flexibility index (Phi) is 4.42. The van der Waals surface area contributed by atoms with E-state index in [1.165, 1.54) is 0 Å². The average molecular weight is 328 g/mol. The summed E-state index contributed by atoms with van der Waals surface area (Å²) >= 11 is 3.36. The Morgan fingerprint density at radius 3 is 2.95 bits per heavy atom. The lowest BCUT2D eigenvalue weighted by Gasteiger charge is -2.31. The van der Waals surface area contributed by atoms with Crippen LogP contribution in [-0.2, 0) is 9.53 Å². The van der Waals surface area contributed by atoms with E-state index in [1.54, 1.807) is 4.90 Å². The van der Waals surface area contributed by atoms with Crippen LogP contribution in [0.1, 0.15) is 19.3 Å². The van der Waals surface area contributed by atoms with Crippen molar-refractivity contribution in [3.05, 3.63) is 28.7 Å². The molecule has 1 fully saturated rings. The molecule has 1 heterocycles. The molecule has 5 nitrogen and oxygen atoms in total. The van der Waals surface area contributed by atoms with Crippen LogP contribution in [0.25, 0.3) is 0 Å². The standard InChI is InChI=1S/C13H14BrNO4/c14-9-2-1-3-10(8-9)15-7-6-11(19-13(15)18)4-5-12(16)17/h1-3,8,11H,4-7H2,(H,16,17). The lowest BCUT2D eigenvalue weighted by molar-refractivity contribution is -0.137. The summed E-state index contributed by atoms with van der Waals surface area (Å²) in [4.78, 5) is 24.0. The number of carbonyl (C=O) groups is 2. The minimum atomic E-state index is -0.870. The molecule has 1 aromatic carbocycles. The molecule has 0 bridgehead atoms. The highest BCUT2D eigenvalue weighted by atomic mass is 79.9. The number of amides is 1. The zero-order valence-electron chi connectivity index (χ0n) is 10.2. The molecule has 1 aromatic rings. The number of halogens is 1. The van der Waals surface area contributed by atoms with Crippen LogP contribution in [0.15, 0.2) is 28.7 Å². The number of nitrogens with zero attached hydrogens (tertiary/aromatic N) is 1. The molecule has 1 aliphatic heterocycles. The monoisotopic (exact) mass is 327 g/mol. The second-order valence-corrected chi connectivity index (χ2v) is 5.27. The van der Waals surface area contributed by atoms with Gasteiger partial charge in [0.1, 0.15) is 6.10 Å². The first-order valence-corrected chi connectivity index (χ1v) is 6.81. The van der Waals surface area contributed by atoms with Crippen LogP contribution in [0, 0.1) is 0 Å². The normalized spacial score (nSPS) is 19.1. The zero-order valence-corrected chi connectivity index (χ0v) is 11.8. The van der Waals surface area contributed by atoms with Gasteiger partial charge < -0.3 is 9.84 Å². The molecule has 0 saturated carbocycles. The molecule has 102 valence electrons. The Labute approximate surface area is 119 Å². The highest BCUT2D eigenvalue weighted by Crippen LogP contribution is 2.25. The quantitative estimate of drug-likeness (QED) is 0.923. The summed E-state index contributed by atoms with van der Waals surface area (Å²) in [5.41, 5.74) is 0.774. The first kappa shape index (κ1) is 13.9. The number of aliphatic carboxylic acids is 1. The number of hydrogen-bond acceptors (Lipinski definition) is 3. The number of ether oxygens (including phenoxy) is 1. The van der Waals surface area contributed by atoms with Gasteiger partial charge in [-0.1, -0.05) is 22.0 Å². The Balaban J connectivity index is 1.97. The third-order valence-corrected chi connectivity index (χ3v) is 3.46. The number of benzene rings is 1. The van der Waals surface area contributed by atoms with Crippen molar-refractivity contribution in [2.45, 2.75) is 25.4 Å². The highest BCUT2D eigenvalue weighted by molar-refractivity contribution is 9.10. The predicted molar refractivity (Wildman–Crippen MR) is 73.2 cm³/mol. The van der Waals surface area contributed by atoms with Crippen molar-refractivity contribution in [1.29, 1.82) is 0 Å². The van der Waals surface area contributed by atoms with E-state index >= 15 is 0 Å². The summed E-state index contributed by atoms with van der Waals surface area (Å²) in [6.07, 6.45) is 0.319. The average Bonchev–Trinajstić information content (AvgIpc) is 2.36. The lowest BCUT2D eigenvalue weighted by Crippen LogP contribution is -2.42. The largest absolute Gasteiger partial charge is 0.481 e. The van der Waals surface area contributed by atoms with Crippen molar-refractivity contribution >= 4 is 33.7 Å². The van der Waals surface area contributed by atoms with Gasteiger partial charge in [-0.15, -0.1) is 0 Å². The van der Waals surface area contributed by atoms with Gasteiger partial charge in [-0.25, -0.2) is 4.79 Å². The molecule has 0 radical (unpaired) electrons. The van der Waals surface area contributed by atoms with Gasteiger partial charge in [0.2, 0.25) is 0 Å². The molecular weight excluding hydrogens is 314 g/mol. The van der Waals surface area contributed by atoms with E-state index in [0.29, 0.717) is 19.4 Å². The van der Waals surface area contributed by atoms with Crippen LogP contribution >= 0.6 is 15.9 Å². The van der Waals surface area contributed by atoms with Crippen LogP contribution < -0.4 is 4.90 Å². The highest BCUT2D eigenvalue weighted by Gasteiger charge is 2.28. The zero-order chi connectivity index (χ0) is 13.8. The molecule has 6 heteroatoms. The van der Waals surface area contributed by atoms with E-state index in [2.05, 4.69) is 15.9 Å². The maximum atomic E-state index is 11.9. The molecule has 1 saturated heterocycles. The topological polar surface area (TPSA) is 66.8 Å². The van der Waals surface area contributed by atoms with Crippen molar-refractivity contribution in [3.63, 3.8) is 0 Å². The number of carbonyl (C=O) groups excluding carboxylic acids is 1. The Morgan fingerprint density at radius 1 is 1.53 bits per heavy atom. The fourth-order valence-electron chi connectivity index (χ4n) is 2.00. The number of hydrogen-bond donors (Lipinski definition) is 1. The SMILES string of the molecule is O=C(O)CCC1CCN(c2cccc(Br)c2)C(=O)O1. The van der Waals surface area contributed by atoms with Gasteiger partial charge >= 0.3 is 12.1 Å². The molecule has 1 amide bonds. The van der Waals surface area contributed by atoms with Gasteiger partial charge in [0.15, 0.2) is 0 Å². The van der Waals surface area contributed by atoms with E-state index in [1.807, 2.05) is 24.3 Å². The lowest BCUT2D eigenvalue weighted by atomic mass is 10.1. The van der Waals surface area contributed by atoms with Crippen molar-refractivity contribution in [1.82, 2.24) is 0 Å². The van der Waals surface area contributed by atoms with Crippen molar-refractivity contribution in [2.75, 3.05) is 11.4 Å². The fraction of sp³-hybridized carbons (Fsp3) is 0.385. The summed E-state index contributed by atoms with van der Waals surface area (Å²) < 4.78 is 6.15. The van der Waals surface area contributed by atoms with Gasteiger partial charge in [-0.2, -0.15) is 0 Å². The minimum Gasteiger partial charge on any atom is -0.481 e. The third-order valence-electron chi connectivity index (χ3n) is 2.96. The Bertz CT molecular complexity index is 491. The van der Waals surface area contributed by atoms with E-state index in [9.17, 15) is 9.59 Å². The smallest absolute Gasteiger partial charge is 0.414 e. The van der Waals surface area contributed by atoms with E-state index in [-0.39, 0.29) is 12.5 Å². The summed E-state index contributed by atoms with van der Waals surface area (Å²) in [7, 11) is 0. The maximum Gasteiger partial charge on any atom is 0.414 e. The summed E-state index contributed by atoms with van der Waals surface area (Å²) in [5, 5.41) is 8.61. The number of rotatable bonds is 4. The van der Waals surface area contributed by atoms with Crippen LogP contribution in [0.5, 0.6) is 0 Å². The van der Waals surface area contributed by atoms with Crippen LogP contribution in [-0.4, -0.2) is 29.8 Å². The van der Waals surface area contributed by atoms with Crippen LogP contribution in [0.3, 0.4) is 0 Å². The van der Waals surface area contributed by atoms with E-state index in [0.717, 1.165) is 10.2 Å². The summed E-state index contributed by atoms with van der Waals surface area (Å²) in [5.74, 6) is -0.870. The number of anilines is 1. The van der Waals surface area contributed by atoms with Gasteiger partial charge in [0.05, 0.1) is 0 Å². The Hall–Kier alpha value is -1.56. The van der Waals surface area contributed by atoms with Crippen LogP contribution in [0.4, 0.5) is 10.5 Å². The van der Waals surface area contributed by atoms with Gasteiger partial charge in [0.25, 0.3) is 0 Å². The molecule has 19 heavy (non-hydrogen) atoms. The Morgan fingerprint density at radius 2 is 2.32 bits per heavy atom. The predicted octanol–water partition coefficient (Wildman–Crippen LogP) is 3.03. The van der Waals surface area contributed by atoms with E-state index in [4.69, 9.17) is 9.84 Å². The van der Waals surface area contributed by atoms with Crippen LogP contribution in [0.2, 0.25) is 0 Å².